The number of hydrogen-bond acceptors (Lipinski definition) is 4. The molecule has 4 nitrogen and oxygen atoms in total. The van der Waals surface area contributed by atoms with Gasteiger partial charge >= 0.3 is 0 Å². The van der Waals surface area contributed by atoms with Crippen LogP contribution in [0.1, 0.15) is 0 Å². The van der Waals surface area contributed by atoms with E-state index in [-0.39, 0.29) is 0 Å². The van der Waals surface area contributed by atoms with Gasteiger partial charge in [0, 0.05) is 17.3 Å². The molecule has 0 bridgehead atoms. The molecule has 0 atom stereocenters. The minimum absolute atomic E-state index is 0.449. The van der Waals surface area contributed by atoms with Gasteiger partial charge < -0.3 is 15.2 Å². The molecule has 0 fully saturated rings. The highest BCUT2D eigenvalue weighted by Gasteiger charge is 2.05. The molecule has 106 valence electrons. The molecule has 4 heteroatoms. The molecule has 0 aliphatic carbocycles. The third-order valence-corrected chi connectivity index (χ3v) is 3.12. The first kappa shape index (κ1) is 13.2. The lowest BCUT2D eigenvalue weighted by molar-refractivity contribution is 0.218. The van der Waals surface area contributed by atoms with E-state index in [9.17, 15) is 0 Å². The molecule has 0 unspecified atom stereocenters. The molecule has 0 saturated carbocycles. The minimum Gasteiger partial charge on any atom is -0.490 e. The number of hydrogen-bond donors (Lipinski definition) is 1. The number of ether oxygens (including phenoxy) is 2. The van der Waals surface area contributed by atoms with E-state index in [1.165, 1.54) is 0 Å². The summed E-state index contributed by atoms with van der Waals surface area (Å²) in [6.45, 7) is 0.924. The average Bonchev–Trinajstić information content (AvgIpc) is 2.55. The first-order valence-corrected chi connectivity index (χ1v) is 6.78. The van der Waals surface area contributed by atoms with Crippen molar-refractivity contribution >= 4 is 16.6 Å². The van der Waals surface area contributed by atoms with Gasteiger partial charge in [-0.15, -0.1) is 0 Å². The minimum atomic E-state index is 0.449. The predicted octanol–water partition coefficient (Wildman–Crippen LogP) is 3.27. The zero-order chi connectivity index (χ0) is 14.5. The maximum atomic E-state index is 5.94. The van der Waals surface area contributed by atoms with Crippen molar-refractivity contribution < 1.29 is 9.47 Å². The predicted molar refractivity (Wildman–Crippen MR) is 83.6 cm³/mol. The van der Waals surface area contributed by atoms with Gasteiger partial charge in [-0.1, -0.05) is 18.2 Å². The lowest BCUT2D eigenvalue weighted by atomic mass is 10.2. The molecule has 1 heterocycles. The Morgan fingerprint density at radius 2 is 1.67 bits per heavy atom. The van der Waals surface area contributed by atoms with Crippen LogP contribution >= 0.6 is 0 Å². The van der Waals surface area contributed by atoms with Gasteiger partial charge in [0.05, 0.1) is 0 Å². The second-order valence-corrected chi connectivity index (χ2v) is 4.56. The molecule has 0 aliphatic rings. The van der Waals surface area contributed by atoms with Crippen LogP contribution in [0.3, 0.4) is 0 Å². The molecular weight excluding hydrogens is 264 g/mol. The number of aromatic nitrogens is 1. The van der Waals surface area contributed by atoms with Crippen LogP contribution in [0.4, 0.5) is 5.69 Å². The van der Waals surface area contributed by atoms with Crippen LogP contribution in [0.15, 0.2) is 60.8 Å². The molecule has 3 aromatic rings. The van der Waals surface area contributed by atoms with E-state index < -0.39 is 0 Å². The topological polar surface area (TPSA) is 57.4 Å². The Kier molecular flexibility index (Phi) is 3.87. The molecule has 0 radical (unpaired) electrons. The first-order valence-electron chi connectivity index (χ1n) is 6.78. The third kappa shape index (κ3) is 3.05. The summed E-state index contributed by atoms with van der Waals surface area (Å²) in [5, 5.41) is 0.902. The summed E-state index contributed by atoms with van der Waals surface area (Å²) in [7, 11) is 0. The van der Waals surface area contributed by atoms with E-state index in [1.54, 1.807) is 6.20 Å². The fourth-order valence-corrected chi connectivity index (χ4v) is 2.11. The lowest BCUT2D eigenvalue weighted by Gasteiger charge is -2.11. The number of para-hydroxylation sites is 1. The van der Waals surface area contributed by atoms with Gasteiger partial charge in [0.1, 0.15) is 30.2 Å². The summed E-state index contributed by atoms with van der Waals surface area (Å²) >= 11 is 0. The summed E-state index contributed by atoms with van der Waals surface area (Å²) in [6.07, 6.45) is 1.73. The molecule has 21 heavy (non-hydrogen) atoms. The van der Waals surface area contributed by atoms with Crippen LogP contribution in [-0.2, 0) is 0 Å². The zero-order valence-corrected chi connectivity index (χ0v) is 11.5. The summed E-state index contributed by atoms with van der Waals surface area (Å²) in [5.74, 6) is 1.55. The molecular formula is C17H16N2O2. The molecule has 0 amide bonds. The van der Waals surface area contributed by atoms with Crippen LogP contribution in [0, 0.1) is 0 Å². The van der Waals surface area contributed by atoms with Gasteiger partial charge in [-0.05, 0) is 36.4 Å². The van der Waals surface area contributed by atoms with Gasteiger partial charge in [0.2, 0.25) is 0 Å². The van der Waals surface area contributed by atoms with Crippen LogP contribution in [0.5, 0.6) is 11.5 Å². The summed E-state index contributed by atoms with van der Waals surface area (Å²) < 4.78 is 11.3. The number of nitrogen functional groups attached to an aromatic ring is 1. The average molecular weight is 280 g/mol. The third-order valence-electron chi connectivity index (χ3n) is 3.12. The van der Waals surface area contributed by atoms with E-state index >= 15 is 0 Å². The molecule has 2 aromatic carbocycles. The van der Waals surface area contributed by atoms with Crippen molar-refractivity contribution in [2.75, 3.05) is 18.9 Å². The highest BCUT2D eigenvalue weighted by atomic mass is 16.5. The van der Waals surface area contributed by atoms with Crippen LogP contribution in [0.2, 0.25) is 0 Å². The van der Waals surface area contributed by atoms with Crippen molar-refractivity contribution in [2.24, 2.45) is 0 Å². The zero-order valence-electron chi connectivity index (χ0n) is 11.5. The summed E-state index contributed by atoms with van der Waals surface area (Å²) in [5.41, 5.74) is 7.41. The number of pyridine rings is 1. The van der Waals surface area contributed by atoms with Crippen molar-refractivity contribution in [2.45, 2.75) is 0 Å². The van der Waals surface area contributed by atoms with E-state index in [0.717, 1.165) is 22.4 Å². The van der Waals surface area contributed by atoms with Crippen molar-refractivity contribution in [3.63, 3.8) is 0 Å². The number of nitrogens with zero attached hydrogens (tertiary/aromatic N) is 1. The second kappa shape index (κ2) is 6.13. The van der Waals surface area contributed by atoms with E-state index in [0.29, 0.717) is 18.9 Å². The number of anilines is 1. The van der Waals surface area contributed by atoms with Crippen LogP contribution in [0.25, 0.3) is 10.9 Å². The highest BCUT2D eigenvalue weighted by Crippen LogP contribution is 2.27. The Morgan fingerprint density at radius 3 is 2.52 bits per heavy atom. The van der Waals surface area contributed by atoms with E-state index in [2.05, 4.69) is 4.98 Å². The number of rotatable bonds is 5. The fraction of sp³-hybridized carbons (Fsp3) is 0.118. The quantitative estimate of drug-likeness (QED) is 0.575. The van der Waals surface area contributed by atoms with Gasteiger partial charge in [0.15, 0.2) is 0 Å². The number of benzene rings is 2. The Labute approximate surface area is 123 Å². The maximum Gasteiger partial charge on any atom is 0.145 e. The monoisotopic (exact) mass is 280 g/mol. The fourth-order valence-electron chi connectivity index (χ4n) is 2.11. The highest BCUT2D eigenvalue weighted by molar-refractivity contribution is 5.94. The number of fused-ring (bicyclic) bond motifs is 1. The van der Waals surface area contributed by atoms with Crippen molar-refractivity contribution in [1.82, 2.24) is 4.98 Å². The molecule has 2 N–H and O–H groups in total. The molecule has 0 spiro atoms. The summed E-state index contributed by atoms with van der Waals surface area (Å²) in [4.78, 5) is 4.33. The largest absolute Gasteiger partial charge is 0.490 e. The lowest BCUT2D eigenvalue weighted by Crippen LogP contribution is -2.09. The molecule has 3 rings (SSSR count). The Bertz CT molecular complexity index is 729. The smallest absolute Gasteiger partial charge is 0.145 e. The van der Waals surface area contributed by atoms with Gasteiger partial charge in [-0.3, -0.25) is 4.98 Å². The van der Waals surface area contributed by atoms with Crippen molar-refractivity contribution in [1.29, 1.82) is 0 Å². The summed E-state index contributed by atoms with van der Waals surface area (Å²) in [6, 6.07) is 17.1. The molecule has 1 aromatic heterocycles. The van der Waals surface area contributed by atoms with Crippen molar-refractivity contribution in [3.05, 3.63) is 60.8 Å². The Balaban J connectivity index is 1.65. The molecule has 0 saturated heterocycles. The van der Waals surface area contributed by atoms with Gasteiger partial charge in [-0.25, -0.2) is 0 Å². The van der Waals surface area contributed by atoms with Gasteiger partial charge in [-0.2, -0.15) is 0 Å². The standard InChI is InChI=1S/C17H16N2O2/c18-15-8-9-16(17-14(15)7-4-10-19-17)21-12-11-20-13-5-2-1-3-6-13/h1-10H,11-12,18H2. The van der Waals surface area contributed by atoms with Crippen molar-refractivity contribution in [3.8, 4) is 11.5 Å². The van der Waals surface area contributed by atoms with E-state index in [4.69, 9.17) is 15.2 Å². The molecule has 0 aliphatic heterocycles. The Hall–Kier alpha value is -2.75. The SMILES string of the molecule is Nc1ccc(OCCOc2ccccc2)c2ncccc12. The van der Waals surface area contributed by atoms with Gasteiger partial charge in [0.25, 0.3) is 0 Å². The normalized spacial score (nSPS) is 10.5. The van der Waals surface area contributed by atoms with Crippen LogP contribution in [-0.4, -0.2) is 18.2 Å². The van der Waals surface area contributed by atoms with Crippen LogP contribution < -0.4 is 15.2 Å². The maximum absolute atomic E-state index is 5.94. The second-order valence-electron chi connectivity index (χ2n) is 4.56. The van der Waals surface area contributed by atoms with E-state index in [1.807, 2.05) is 54.6 Å². The Morgan fingerprint density at radius 1 is 0.857 bits per heavy atom. The first-order chi connectivity index (χ1) is 10.3. The number of nitrogens with two attached hydrogens (primary N) is 1.